The second-order valence-electron chi connectivity index (χ2n) is 7.68. The van der Waals surface area contributed by atoms with Crippen molar-refractivity contribution in [2.45, 2.75) is 20.0 Å². The summed E-state index contributed by atoms with van der Waals surface area (Å²) >= 11 is 12.2. The number of hydrogen-bond acceptors (Lipinski definition) is 4. The molecule has 0 N–H and O–H groups in total. The van der Waals surface area contributed by atoms with Crippen LogP contribution in [0.15, 0.2) is 69.9 Å². The molecule has 6 heteroatoms. The van der Waals surface area contributed by atoms with E-state index >= 15 is 0 Å². The van der Waals surface area contributed by atoms with Gasteiger partial charge in [-0.15, -0.1) is 0 Å². The molecule has 0 amide bonds. The summed E-state index contributed by atoms with van der Waals surface area (Å²) in [5.41, 5.74) is 4.50. The third-order valence-corrected chi connectivity index (χ3v) is 6.37. The number of halogens is 2. The van der Waals surface area contributed by atoms with Gasteiger partial charge in [0.05, 0.1) is 21.2 Å². The molecule has 1 aliphatic rings. The van der Waals surface area contributed by atoms with Crippen molar-refractivity contribution < 1.29 is 9.15 Å². The van der Waals surface area contributed by atoms with Crippen LogP contribution in [0.3, 0.4) is 0 Å². The number of nitrogens with zero attached hydrogens (tertiary/aromatic N) is 1. The molecule has 0 saturated heterocycles. The SMILES string of the molecule is Cc1c(-c2ccccc2)c(=O)oc2c3c(ccc12)OCN(Cc1ccc(Cl)c(Cl)c1)C3. The minimum atomic E-state index is -0.341. The number of aryl methyl sites for hydroxylation is 1. The molecule has 0 radical (unpaired) electrons. The van der Waals surface area contributed by atoms with Gasteiger partial charge in [0.2, 0.25) is 0 Å². The molecule has 4 aromatic rings. The number of benzene rings is 3. The fraction of sp³-hybridized carbons (Fsp3) is 0.160. The van der Waals surface area contributed by atoms with Crippen molar-refractivity contribution in [3.05, 3.63) is 97.8 Å². The quantitative estimate of drug-likeness (QED) is 0.336. The Kier molecular flexibility index (Phi) is 5.22. The molecule has 1 aliphatic heterocycles. The summed E-state index contributed by atoms with van der Waals surface area (Å²) in [5.74, 6) is 0.743. The first-order valence-electron chi connectivity index (χ1n) is 9.95. The van der Waals surface area contributed by atoms with Gasteiger partial charge in [-0.05, 0) is 47.9 Å². The summed E-state index contributed by atoms with van der Waals surface area (Å²) in [7, 11) is 0. The summed E-state index contributed by atoms with van der Waals surface area (Å²) in [4.78, 5) is 15.1. The Balaban J connectivity index is 1.54. The Morgan fingerprint density at radius 3 is 2.58 bits per heavy atom. The van der Waals surface area contributed by atoms with Gasteiger partial charge in [-0.2, -0.15) is 0 Å². The zero-order valence-corrected chi connectivity index (χ0v) is 18.3. The van der Waals surface area contributed by atoms with E-state index in [0.717, 1.165) is 33.4 Å². The number of rotatable bonds is 3. The third-order valence-electron chi connectivity index (χ3n) is 5.63. The molecule has 4 nitrogen and oxygen atoms in total. The lowest BCUT2D eigenvalue weighted by Crippen LogP contribution is -2.31. The van der Waals surface area contributed by atoms with Crippen LogP contribution < -0.4 is 10.4 Å². The van der Waals surface area contributed by atoms with Crippen LogP contribution in [0, 0.1) is 6.92 Å². The van der Waals surface area contributed by atoms with Gasteiger partial charge < -0.3 is 9.15 Å². The molecule has 1 aromatic heterocycles. The van der Waals surface area contributed by atoms with Gasteiger partial charge >= 0.3 is 5.63 Å². The van der Waals surface area contributed by atoms with Gasteiger partial charge in [0, 0.05) is 18.5 Å². The van der Waals surface area contributed by atoms with Crippen molar-refractivity contribution in [2.24, 2.45) is 0 Å². The minimum Gasteiger partial charge on any atom is -0.478 e. The molecule has 0 unspecified atom stereocenters. The Morgan fingerprint density at radius 2 is 1.81 bits per heavy atom. The van der Waals surface area contributed by atoms with Crippen LogP contribution in [0.5, 0.6) is 5.75 Å². The fourth-order valence-corrected chi connectivity index (χ4v) is 4.43. The zero-order valence-electron chi connectivity index (χ0n) is 16.8. The Bertz CT molecular complexity index is 1350. The average molecular weight is 452 g/mol. The van der Waals surface area contributed by atoms with E-state index in [0.29, 0.717) is 41.0 Å². The van der Waals surface area contributed by atoms with Gasteiger partial charge in [0.25, 0.3) is 0 Å². The van der Waals surface area contributed by atoms with Crippen molar-refractivity contribution in [1.82, 2.24) is 4.90 Å². The van der Waals surface area contributed by atoms with Crippen molar-refractivity contribution in [3.8, 4) is 16.9 Å². The molecule has 2 heterocycles. The predicted octanol–water partition coefficient (Wildman–Crippen LogP) is 6.43. The largest absolute Gasteiger partial charge is 0.478 e. The number of hydrogen-bond donors (Lipinski definition) is 0. The summed E-state index contributed by atoms with van der Waals surface area (Å²) in [5, 5.41) is 1.97. The lowest BCUT2D eigenvalue weighted by Gasteiger charge is -2.29. The van der Waals surface area contributed by atoms with Crippen LogP contribution in [0.2, 0.25) is 10.0 Å². The van der Waals surface area contributed by atoms with Gasteiger partial charge in [0.15, 0.2) is 0 Å². The summed E-state index contributed by atoms with van der Waals surface area (Å²) in [6.45, 7) is 3.63. The second-order valence-corrected chi connectivity index (χ2v) is 8.50. The minimum absolute atomic E-state index is 0.341. The van der Waals surface area contributed by atoms with Crippen LogP contribution in [0.25, 0.3) is 22.1 Å². The number of ether oxygens (including phenoxy) is 1. The maximum atomic E-state index is 12.9. The first-order chi connectivity index (χ1) is 15.0. The van der Waals surface area contributed by atoms with Crippen molar-refractivity contribution in [1.29, 1.82) is 0 Å². The molecule has 0 saturated carbocycles. The van der Waals surface area contributed by atoms with E-state index in [1.807, 2.05) is 61.5 Å². The Morgan fingerprint density at radius 1 is 1.00 bits per heavy atom. The van der Waals surface area contributed by atoms with Gasteiger partial charge in [0.1, 0.15) is 18.1 Å². The van der Waals surface area contributed by atoms with Crippen molar-refractivity contribution in [3.63, 3.8) is 0 Å². The van der Waals surface area contributed by atoms with E-state index in [2.05, 4.69) is 4.90 Å². The first kappa shape index (κ1) is 20.1. The summed E-state index contributed by atoms with van der Waals surface area (Å²) < 4.78 is 11.8. The predicted molar refractivity (Wildman–Crippen MR) is 124 cm³/mol. The highest BCUT2D eigenvalue weighted by atomic mass is 35.5. The molecule has 0 fully saturated rings. The molecule has 0 atom stereocenters. The molecule has 156 valence electrons. The molecular weight excluding hydrogens is 433 g/mol. The van der Waals surface area contributed by atoms with E-state index in [9.17, 15) is 4.79 Å². The van der Waals surface area contributed by atoms with Gasteiger partial charge in [-0.3, -0.25) is 4.90 Å². The van der Waals surface area contributed by atoms with Crippen LogP contribution in [0.4, 0.5) is 0 Å². The van der Waals surface area contributed by atoms with Crippen LogP contribution in [-0.2, 0) is 13.1 Å². The van der Waals surface area contributed by atoms with E-state index in [1.165, 1.54) is 0 Å². The van der Waals surface area contributed by atoms with Crippen molar-refractivity contribution in [2.75, 3.05) is 6.73 Å². The van der Waals surface area contributed by atoms with E-state index in [4.69, 9.17) is 32.4 Å². The van der Waals surface area contributed by atoms with E-state index < -0.39 is 0 Å². The molecule has 0 spiro atoms. The fourth-order valence-electron chi connectivity index (χ4n) is 4.11. The average Bonchev–Trinajstić information content (AvgIpc) is 2.77. The van der Waals surface area contributed by atoms with E-state index in [-0.39, 0.29) is 5.63 Å². The van der Waals surface area contributed by atoms with Crippen molar-refractivity contribution >= 4 is 34.2 Å². The Labute approximate surface area is 189 Å². The molecule has 31 heavy (non-hydrogen) atoms. The van der Waals surface area contributed by atoms with E-state index in [1.54, 1.807) is 6.07 Å². The third kappa shape index (κ3) is 3.72. The monoisotopic (exact) mass is 451 g/mol. The highest BCUT2D eigenvalue weighted by Crippen LogP contribution is 2.36. The molecule has 3 aromatic carbocycles. The maximum Gasteiger partial charge on any atom is 0.344 e. The van der Waals surface area contributed by atoms with Gasteiger partial charge in [-0.25, -0.2) is 4.79 Å². The highest BCUT2D eigenvalue weighted by molar-refractivity contribution is 6.42. The Hall–Kier alpha value is -2.79. The summed E-state index contributed by atoms with van der Waals surface area (Å²) in [6, 6.07) is 19.1. The van der Waals surface area contributed by atoms with Gasteiger partial charge in [-0.1, -0.05) is 59.6 Å². The smallest absolute Gasteiger partial charge is 0.344 e. The first-order valence-corrected chi connectivity index (χ1v) is 10.7. The standard InChI is InChI=1S/C25H19Cl2NO3/c1-15-18-8-10-22-19(24(18)31-25(29)23(15)17-5-3-2-4-6-17)13-28(14-30-22)12-16-7-9-20(26)21(27)11-16/h2-11H,12-14H2,1H3. The molecule has 0 bridgehead atoms. The normalized spacial score (nSPS) is 13.8. The summed E-state index contributed by atoms with van der Waals surface area (Å²) in [6.07, 6.45) is 0. The topological polar surface area (TPSA) is 42.7 Å². The number of fused-ring (bicyclic) bond motifs is 3. The van der Waals surface area contributed by atoms with Crippen LogP contribution >= 0.6 is 23.2 Å². The van der Waals surface area contributed by atoms with Crippen LogP contribution in [-0.4, -0.2) is 11.6 Å². The molecular formula is C25H19Cl2NO3. The maximum absolute atomic E-state index is 12.9. The highest BCUT2D eigenvalue weighted by Gasteiger charge is 2.24. The molecule has 0 aliphatic carbocycles. The zero-order chi connectivity index (χ0) is 21.5. The lowest BCUT2D eigenvalue weighted by molar-refractivity contribution is 0.0890. The second kappa shape index (κ2) is 8.04. The van der Waals surface area contributed by atoms with Crippen LogP contribution in [0.1, 0.15) is 16.7 Å². The molecule has 5 rings (SSSR count). The lowest BCUT2D eigenvalue weighted by atomic mass is 9.97.